The molecule has 1 aromatic heterocycles. The number of hydrogen-bond donors (Lipinski definition) is 1. The first-order valence-electron chi connectivity index (χ1n) is 5.56. The molecule has 0 saturated carbocycles. The van der Waals surface area contributed by atoms with E-state index in [1.807, 2.05) is 24.3 Å². The average molecular weight is 438 g/mol. The first kappa shape index (κ1) is 14.2. The van der Waals surface area contributed by atoms with Crippen LogP contribution in [0.1, 0.15) is 25.1 Å². The van der Waals surface area contributed by atoms with Gasteiger partial charge in [0, 0.05) is 13.4 Å². The molecular formula is C13H12Br3NO. The van der Waals surface area contributed by atoms with Crippen LogP contribution in [0.25, 0.3) is 0 Å². The molecule has 0 saturated heterocycles. The summed E-state index contributed by atoms with van der Waals surface area (Å²) in [5, 5.41) is 3.49. The molecule has 1 aromatic carbocycles. The first-order valence-corrected chi connectivity index (χ1v) is 7.94. The third-order valence-electron chi connectivity index (χ3n) is 2.62. The summed E-state index contributed by atoms with van der Waals surface area (Å²) in [5.41, 5.74) is 1.03. The molecule has 0 bridgehead atoms. The average Bonchev–Trinajstić information content (AvgIpc) is 2.81. The van der Waals surface area contributed by atoms with Crippen molar-refractivity contribution in [1.82, 2.24) is 0 Å². The van der Waals surface area contributed by atoms with Crippen LogP contribution in [0.2, 0.25) is 0 Å². The molecule has 0 aliphatic heterocycles. The highest BCUT2D eigenvalue weighted by atomic mass is 79.9. The van der Waals surface area contributed by atoms with Crippen molar-refractivity contribution in [3.05, 3.63) is 49.7 Å². The maximum atomic E-state index is 5.46. The Balaban J connectivity index is 2.28. The smallest absolute Gasteiger partial charge is 0.125 e. The van der Waals surface area contributed by atoms with Crippen LogP contribution in [0.15, 0.2) is 48.4 Å². The highest BCUT2D eigenvalue weighted by Gasteiger charge is 2.15. The van der Waals surface area contributed by atoms with Crippen molar-refractivity contribution in [2.24, 2.45) is 0 Å². The highest BCUT2D eigenvalue weighted by Crippen LogP contribution is 2.37. The van der Waals surface area contributed by atoms with E-state index in [0.29, 0.717) is 0 Å². The van der Waals surface area contributed by atoms with E-state index in [1.54, 1.807) is 6.26 Å². The second-order valence-corrected chi connectivity index (χ2v) is 6.49. The number of furan rings is 1. The van der Waals surface area contributed by atoms with Gasteiger partial charge in [0.05, 0.1) is 18.0 Å². The molecular weight excluding hydrogens is 426 g/mol. The standard InChI is InChI=1S/C13H12Br3NO/c1-2-11(12-4-3-5-18-12)17-13-9(15)6-8(14)7-10(13)16/h3-7,11,17H,2H2,1H3. The van der Waals surface area contributed by atoms with Crippen LogP contribution < -0.4 is 5.32 Å². The summed E-state index contributed by atoms with van der Waals surface area (Å²) in [4.78, 5) is 0. The van der Waals surface area contributed by atoms with Crippen molar-refractivity contribution in [3.63, 3.8) is 0 Å². The van der Waals surface area contributed by atoms with E-state index in [1.165, 1.54) is 0 Å². The molecule has 1 unspecified atom stereocenters. The van der Waals surface area contributed by atoms with Gasteiger partial charge in [0.1, 0.15) is 5.76 Å². The van der Waals surface area contributed by atoms with Gasteiger partial charge in [-0.3, -0.25) is 0 Å². The predicted molar refractivity (Wildman–Crippen MR) is 84.9 cm³/mol. The first-order chi connectivity index (χ1) is 8.61. The topological polar surface area (TPSA) is 25.2 Å². The Labute approximate surface area is 132 Å². The van der Waals surface area contributed by atoms with Gasteiger partial charge in [-0.15, -0.1) is 0 Å². The van der Waals surface area contributed by atoms with Gasteiger partial charge in [-0.1, -0.05) is 22.9 Å². The Morgan fingerprint density at radius 2 is 1.89 bits per heavy atom. The number of nitrogens with one attached hydrogen (secondary N) is 1. The molecule has 1 N–H and O–H groups in total. The van der Waals surface area contributed by atoms with Crippen molar-refractivity contribution in [3.8, 4) is 0 Å². The van der Waals surface area contributed by atoms with Crippen LogP contribution in [-0.2, 0) is 0 Å². The van der Waals surface area contributed by atoms with E-state index in [0.717, 1.165) is 31.3 Å². The minimum absolute atomic E-state index is 0.161. The van der Waals surface area contributed by atoms with Crippen molar-refractivity contribution in [2.75, 3.05) is 5.32 Å². The van der Waals surface area contributed by atoms with Gasteiger partial charge < -0.3 is 9.73 Å². The lowest BCUT2D eigenvalue weighted by Gasteiger charge is -2.18. The van der Waals surface area contributed by atoms with Gasteiger partial charge in [0.25, 0.3) is 0 Å². The third-order valence-corrected chi connectivity index (χ3v) is 4.33. The summed E-state index contributed by atoms with van der Waals surface area (Å²) < 4.78 is 8.50. The maximum absolute atomic E-state index is 5.46. The van der Waals surface area contributed by atoms with E-state index < -0.39 is 0 Å². The minimum Gasteiger partial charge on any atom is -0.467 e. The van der Waals surface area contributed by atoms with Crippen molar-refractivity contribution < 1.29 is 4.42 Å². The second kappa shape index (κ2) is 6.26. The van der Waals surface area contributed by atoms with E-state index in [9.17, 15) is 0 Å². The SMILES string of the molecule is CCC(Nc1c(Br)cc(Br)cc1Br)c1ccco1. The molecule has 0 spiro atoms. The van der Waals surface area contributed by atoms with Crippen molar-refractivity contribution in [1.29, 1.82) is 0 Å². The highest BCUT2D eigenvalue weighted by molar-refractivity contribution is 9.11. The van der Waals surface area contributed by atoms with Crippen LogP contribution in [0, 0.1) is 0 Å². The monoisotopic (exact) mass is 435 g/mol. The minimum atomic E-state index is 0.161. The number of rotatable bonds is 4. The van der Waals surface area contributed by atoms with Crippen molar-refractivity contribution >= 4 is 53.5 Å². The lowest BCUT2D eigenvalue weighted by atomic mass is 10.1. The molecule has 1 atom stereocenters. The summed E-state index contributed by atoms with van der Waals surface area (Å²) in [6, 6.07) is 8.09. The predicted octanol–water partition coefficient (Wildman–Crippen LogP) is 6.13. The van der Waals surface area contributed by atoms with E-state index in [2.05, 4.69) is 60.0 Å². The lowest BCUT2D eigenvalue weighted by molar-refractivity contribution is 0.474. The largest absolute Gasteiger partial charge is 0.467 e. The van der Waals surface area contributed by atoms with Gasteiger partial charge in [0.15, 0.2) is 0 Å². The number of hydrogen-bond acceptors (Lipinski definition) is 2. The van der Waals surface area contributed by atoms with Gasteiger partial charge in [-0.2, -0.15) is 0 Å². The Morgan fingerprint density at radius 3 is 2.39 bits per heavy atom. The molecule has 0 amide bonds. The number of benzene rings is 1. The normalized spacial score (nSPS) is 12.4. The zero-order valence-electron chi connectivity index (χ0n) is 9.71. The van der Waals surface area contributed by atoms with Gasteiger partial charge in [0.2, 0.25) is 0 Å². The van der Waals surface area contributed by atoms with Crippen molar-refractivity contribution in [2.45, 2.75) is 19.4 Å². The van der Waals surface area contributed by atoms with Crippen LogP contribution >= 0.6 is 47.8 Å². The molecule has 18 heavy (non-hydrogen) atoms. The fourth-order valence-electron chi connectivity index (χ4n) is 1.72. The zero-order chi connectivity index (χ0) is 13.1. The Morgan fingerprint density at radius 1 is 1.22 bits per heavy atom. The molecule has 5 heteroatoms. The second-order valence-electron chi connectivity index (χ2n) is 3.87. The molecule has 0 aliphatic carbocycles. The molecule has 0 fully saturated rings. The molecule has 2 nitrogen and oxygen atoms in total. The molecule has 2 aromatic rings. The molecule has 1 heterocycles. The van der Waals surface area contributed by atoms with Gasteiger partial charge in [-0.25, -0.2) is 0 Å². The summed E-state index contributed by atoms with van der Waals surface area (Å²) in [7, 11) is 0. The quantitative estimate of drug-likeness (QED) is 0.622. The van der Waals surface area contributed by atoms with E-state index in [-0.39, 0.29) is 6.04 Å². The van der Waals surface area contributed by atoms with Crippen LogP contribution in [-0.4, -0.2) is 0 Å². The Bertz CT molecular complexity index is 502. The fourth-order valence-corrected chi connectivity index (χ4v) is 4.21. The maximum Gasteiger partial charge on any atom is 0.125 e. The summed E-state index contributed by atoms with van der Waals surface area (Å²) in [6.07, 6.45) is 2.65. The van der Waals surface area contributed by atoms with Crippen LogP contribution in [0.3, 0.4) is 0 Å². The fraction of sp³-hybridized carbons (Fsp3) is 0.231. The molecule has 2 rings (SSSR count). The molecule has 96 valence electrons. The van der Waals surface area contributed by atoms with E-state index in [4.69, 9.17) is 4.42 Å². The van der Waals surface area contributed by atoms with Crippen LogP contribution in [0.5, 0.6) is 0 Å². The summed E-state index contributed by atoms with van der Waals surface area (Å²) >= 11 is 10.6. The number of halogens is 3. The van der Waals surface area contributed by atoms with Gasteiger partial charge >= 0.3 is 0 Å². The van der Waals surface area contributed by atoms with Crippen LogP contribution in [0.4, 0.5) is 5.69 Å². The van der Waals surface area contributed by atoms with E-state index >= 15 is 0 Å². The molecule has 0 aliphatic rings. The lowest BCUT2D eigenvalue weighted by Crippen LogP contribution is -2.09. The summed E-state index contributed by atoms with van der Waals surface area (Å²) in [5.74, 6) is 0.944. The third kappa shape index (κ3) is 3.19. The number of anilines is 1. The zero-order valence-corrected chi connectivity index (χ0v) is 14.5. The molecule has 0 radical (unpaired) electrons. The van der Waals surface area contributed by atoms with Gasteiger partial charge in [-0.05, 0) is 62.5 Å². The Kier molecular flexibility index (Phi) is 4.92. The Hall–Kier alpha value is -0.260. The summed E-state index contributed by atoms with van der Waals surface area (Å²) in [6.45, 7) is 2.13.